The van der Waals surface area contributed by atoms with Gasteiger partial charge in [-0.25, -0.2) is 4.98 Å². The van der Waals surface area contributed by atoms with E-state index in [1.807, 2.05) is 24.3 Å². The summed E-state index contributed by atoms with van der Waals surface area (Å²) in [5.74, 6) is 0. The number of hydrogen-bond acceptors (Lipinski definition) is 3. The van der Waals surface area contributed by atoms with Crippen molar-refractivity contribution in [2.45, 2.75) is 0 Å². The molecule has 82 valence electrons. The Balaban J connectivity index is 2.38. The largest absolute Gasteiger partial charge is 0.446 e. The Bertz CT molecular complexity index is 914. The number of hydrogen-bond donors (Lipinski definition) is 2. The predicted molar refractivity (Wildman–Crippen MR) is 64.0 cm³/mol. The molecule has 3 aromatic heterocycles. The third kappa shape index (κ3) is 1.02. The van der Waals surface area contributed by atoms with E-state index in [1.165, 1.54) is 0 Å². The van der Waals surface area contributed by atoms with Crippen molar-refractivity contribution in [3.8, 4) is 0 Å². The van der Waals surface area contributed by atoms with Gasteiger partial charge in [0.15, 0.2) is 0 Å². The summed E-state index contributed by atoms with van der Waals surface area (Å²) in [6.45, 7) is 0. The molecule has 0 radical (unpaired) electrons. The van der Waals surface area contributed by atoms with E-state index in [1.54, 1.807) is 6.26 Å². The van der Waals surface area contributed by atoms with Crippen LogP contribution in [0.1, 0.15) is 0 Å². The highest BCUT2D eigenvalue weighted by molar-refractivity contribution is 6.07. The molecule has 0 aliphatic rings. The van der Waals surface area contributed by atoms with Crippen LogP contribution in [0, 0.1) is 0 Å². The Morgan fingerprint density at radius 2 is 2.12 bits per heavy atom. The molecule has 0 spiro atoms. The molecular weight excluding hydrogens is 218 g/mol. The summed E-state index contributed by atoms with van der Waals surface area (Å²) >= 11 is 0. The minimum absolute atomic E-state index is 0.129. The van der Waals surface area contributed by atoms with Crippen LogP contribution in [-0.4, -0.2) is 15.2 Å². The van der Waals surface area contributed by atoms with E-state index in [0.29, 0.717) is 11.1 Å². The summed E-state index contributed by atoms with van der Waals surface area (Å²) in [6, 6.07) is 7.45. The quantitative estimate of drug-likeness (QED) is 0.481. The van der Waals surface area contributed by atoms with Gasteiger partial charge in [0.2, 0.25) is 5.71 Å². The van der Waals surface area contributed by atoms with E-state index in [0.717, 1.165) is 21.8 Å². The second-order valence-electron chi connectivity index (χ2n) is 3.94. The van der Waals surface area contributed by atoms with Crippen LogP contribution in [0.5, 0.6) is 0 Å². The highest BCUT2D eigenvalue weighted by atomic mass is 16.3. The first kappa shape index (κ1) is 8.58. The number of aromatic nitrogens is 3. The van der Waals surface area contributed by atoms with Crippen LogP contribution in [0.2, 0.25) is 0 Å². The average Bonchev–Trinajstić information content (AvgIpc) is 2.92. The van der Waals surface area contributed by atoms with Gasteiger partial charge in [-0.05, 0) is 24.3 Å². The summed E-state index contributed by atoms with van der Waals surface area (Å²) in [7, 11) is 0. The second kappa shape index (κ2) is 2.76. The lowest BCUT2D eigenvalue weighted by molar-refractivity contribution is 0.604. The fourth-order valence-electron chi connectivity index (χ4n) is 2.16. The normalized spacial score (nSPS) is 11.8. The van der Waals surface area contributed by atoms with Crippen LogP contribution in [-0.2, 0) is 0 Å². The molecule has 2 N–H and O–H groups in total. The van der Waals surface area contributed by atoms with Gasteiger partial charge in [0.1, 0.15) is 0 Å². The predicted octanol–water partition coefficient (Wildman–Crippen LogP) is 2.15. The standard InChI is InChI=1S/C12H7N3O2/c16-11-10-7-5-6-3-4-17-12(6)13-8(7)1-2-9(10)14-15-11/h1-5H,(H2,14,15,16). The number of fused-ring (bicyclic) bond motifs is 4. The molecule has 0 saturated carbocycles. The molecule has 0 saturated heterocycles. The number of H-pyrrole nitrogens is 2. The fourth-order valence-corrected chi connectivity index (χ4v) is 2.16. The number of nitrogens with zero attached hydrogens (tertiary/aromatic N) is 1. The first-order chi connectivity index (χ1) is 8.33. The Kier molecular flexibility index (Phi) is 1.39. The van der Waals surface area contributed by atoms with Gasteiger partial charge >= 0.3 is 0 Å². The number of rotatable bonds is 0. The molecule has 0 aliphatic heterocycles. The minimum Gasteiger partial charge on any atom is -0.446 e. The smallest absolute Gasteiger partial charge is 0.272 e. The molecule has 0 atom stereocenters. The van der Waals surface area contributed by atoms with Crippen molar-refractivity contribution in [3.05, 3.63) is 40.9 Å². The number of aromatic amines is 2. The lowest BCUT2D eigenvalue weighted by atomic mass is 10.1. The summed E-state index contributed by atoms with van der Waals surface area (Å²) in [6.07, 6.45) is 1.59. The van der Waals surface area contributed by atoms with E-state index in [9.17, 15) is 4.79 Å². The van der Waals surface area contributed by atoms with Crippen LogP contribution in [0.15, 0.2) is 39.7 Å². The molecule has 0 amide bonds. The maximum Gasteiger partial charge on any atom is 0.272 e. The monoisotopic (exact) mass is 225 g/mol. The van der Waals surface area contributed by atoms with Gasteiger partial charge in [-0.3, -0.25) is 15.0 Å². The molecule has 3 heterocycles. The van der Waals surface area contributed by atoms with Gasteiger partial charge in [0, 0.05) is 10.8 Å². The topological polar surface area (TPSA) is 74.7 Å². The second-order valence-corrected chi connectivity index (χ2v) is 3.94. The zero-order valence-corrected chi connectivity index (χ0v) is 8.65. The van der Waals surface area contributed by atoms with Crippen molar-refractivity contribution in [1.29, 1.82) is 0 Å². The minimum atomic E-state index is -0.129. The van der Waals surface area contributed by atoms with Gasteiger partial charge in [0.05, 0.1) is 22.7 Å². The first-order valence-corrected chi connectivity index (χ1v) is 5.20. The van der Waals surface area contributed by atoms with Crippen molar-refractivity contribution in [2.24, 2.45) is 0 Å². The molecule has 17 heavy (non-hydrogen) atoms. The molecular formula is C12H7N3O2. The molecule has 0 fully saturated rings. The zero-order valence-electron chi connectivity index (χ0n) is 8.65. The third-order valence-corrected chi connectivity index (χ3v) is 2.96. The van der Waals surface area contributed by atoms with E-state index >= 15 is 0 Å². The summed E-state index contributed by atoms with van der Waals surface area (Å²) in [5.41, 5.74) is 2.00. The molecule has 0 bridgehead atoms. The highest BCUT2D eigenvalue weighted by Crippen LogP contribution is 2.24. The van der Waals surface area contributed by atoms with Crippen LogP contribution in [0.3, 0.4) is 0 Å². The lowest BCUT2D eigenvalue weighted by Crippen LogP contribution is -1.98. The van der Waals surface area contributed by atoms with Gasteiger partial charge in [-0.1, -0.05) is 0 Å². The Morgan fingerprint density at radius 1 is 1.18 bits per heavy atom. The van der Waals surface area contributed by atoms with Gasteiger partial charge in [-0.15, -0.1) is 0 Å². The van der Waals surface area contributed by atoms with E-state index in [2.05, 4.69) is 15.2 Å². The molecule has 0 unspecified atom stereocenters. The maximum absolute atomic E-state index is 11.7. The van der Waals surface area contributed by atoms with Crippen molar-refractivity contribution in [1.82, 2.24) is 15.2 Å². The van der Waals surface area contributed by atoms with Crippen molar-refractivity contribution in [3.63, 3.8) is 0 Å². The SMILES string of the molecule is O=c1[nH][nH]c2ccc3nc4occc4cc3c12. The summed E-state index contributed by atoms with van der Waals surface area (Å²) < 4.78 is 5.24. The third-order valence-electron chi connectivity index (χ3n) is 2.96. The van der Waals surface area contributed by atoms with Crippen LogP contribution in [0.25, 0.3) is 32.9 Å². The lowest BCUT2D eigenvalue weighted by Gasteiger charge is -1.97. The van der Waals surface area contributed by atoms with Crippen LogP contribution in [0.4, 0.5) is 0 Å². The maximum atomic E-state index is 11.7. The van der Waals surface area contributed by atoms with Crippen LogP contribution < -0.4 is 5.56 Å². The Hall–Kier alpha value is -2.56. The van der Waals surface area contributed by atoms with Gasteiger partial charge in [-0.2, -0.15) is 0 Å². The van der Waals surface area contributed by atoms with Crippen molar-refractivity contribution < 1.29 is 4.42 Å². The molecule has 1 aromatic carbocycles. The number of pyridine rings is 1. The van der Waals surface area contributed by atoms with E-state index in [-0.39, 0.29) is 5.56 Å². The Morgan fingerprint density at radius 3 is 3.06 bits per heavy atom. The number of benzene rings is 1. The summed E-state index contributed by atoms with van der Waals surface area (Å²) in [5, 5.41) is 7.78. The molecule has 4 rings (SSSR count). The van der Waals surface area contributed by atoms with Gasteiger partial charge < -0.3 is 4.42 Å². The number of nitrogens with one attached hydrogen (secondary N) is 2. The fraction of sp³-hybridized carbons (Fsp3) is 0. The average molecular weight is 225 g/mol. The van der Waals surface area contributed by atoms with E-state index < -0.39 is 0 Å². The van der Waals surface area contributed by atoms with Crippen molar-refractivity contribution >= 4 is 32.9 Å². The summed E-state index contributed by atoms with van der Waals surface area (Å²) in [4.78, 5) is 16.1. The highest BCUT2D eigenvalue weighted by Gasteiger charge is 2.09. The van der Waals surface area contributed by atoms with Crippen LogP contribution >= 0.6 is 0 Å². The van der Waals surface area contributed by atoms with E-state index in [4.69, 9.17) is 4.42 Å². The van der Waals surface area contributed by atoms with Gasteiger partial charge in [0.25, 0.3) is 5.56 Å². The molecule has 4 aromatic rings. The first-order valence-electron chi connectivity index (χ1n) is 5.20. The molecule has 0 aliphatic carbocycles. The van der Waals surface area contributed by atoms with Crippen molar-refractivity contribution in [2.75, 3.05) is 0 Å². The molecule has 5 nitrogen and oxygen atoms in total. The Labute approximate surface area is 94.0 Å². The zero-order chi connectivity index (χ0) is 11.4. The molecule has 5 heteroatoms. The number of furan rings is 1.